The van der Waals surface area contributed by atoms with Crippen molar-refractivity contribution in [2.45, 2.75) is 18.9 Å². The molecule has 0 saturated carbocycles. The summed E-state index contributed by atoms with van der Waals surface area (Å²) in [5.74, 6) is -0.512. The highest BCUT2D eigenvalue weighted by Gasteiger charge is 2.32. The largest absolute Gasteiger partial charge is 0.353 e. The van der Waals surface area contributed by atoms with Crippen LogP contribution in [0.5, 0.6) is 0 Å². The Morgan fingerprint density at radius 1 is 0.912 bits per heavy atom. The van der Waals surface area contributed by atoms with Crippen LogP contribution in [0.25, 0.3) is 21.8 Å². The molecule has 6 heteroatoms. The number of H-pyrrole nitrogens is 1. The maximum atomic E-state index is 13.7. The zero-order valence-electron chi connectivity index (χ0n) is 18.4. The molecule has 2 N–H and O–H groups in total. The molecule has 1 atom stereocenters. The standard InChI is InChI=1S/C28H22N4O2/c33-27(24-16-21-20-11-5-6-12-22(20)30-25(21)17-29-24)31-23-15-14-18-8-4-7-13-26(18)32(28(23)34)19-9-2-1-3-10-19/h1-13,16-17,23,30H,14-15H2,(H,31,33). The van der Waals surface area contributed by atoms with Gasteiger partial charge in [-0.05, 0) is 48.7 Å². The second-order valence-corrected chi connectivity index (χ2v) is 8.49. The predicted molar refractivity (Wildman–Crippen MR) is 133 cm³/mol. The van der Waals surface area contributed by atoms with E-state index in [-0.39, 0.29) is 17.5 Å². The average molecular weight is 447 g/mol. The molecule has 0 bridgehead atoms. The van der Waals surface area contributed by atoms with E-state index in [0.717, 1.165) is 38.7 Å². The van der Waals surface area contributed by atoms with E-state index in [1.807, 2.05) is 78.9 Å². The van der Waals surface area contributed by atoms with Crippen LogP contribution >= 0.6 is 0 Å². The summed E-state index contributed by atoms with van der Waals surface area (Å²) in [4.78, 5) is 36.3. The average Bonchev–Trinajstić information content (AvgIpc) is 3.19. The van der Waals surface area contributed by atoms with E-state index in [4.69, 9.17) is 0 Å². The van der Waals surface area contributed by atoms with Gasteiger partial charge in [-0.15, -0.1) is 0 Å². The van der Waals surface area contributed by atoms with E-state index in [1.165, 1.54) is 0 Å². The highest BCUT2D eigenvalue weighted by molar-refractivity contribution is 6.10. The van der Waals surface area contributed by atoms with Gasteiger partial charge in [0.15, 0.2) is 0 Å². The second kappa shape index (κ2) is 8.15. The summed E-state index contributed by atoms with van der Waals surface area (Å²) in [6.45, 7) is 0. The van der Waals surface area contributed by atoms with E-state index in [2.05, 4.69) is 15.3 Å². The lowest BCUT2D eigenvalue weighted by atomic mass is 10.1. The minimum Gasteiger partial charge on any atom is -0.353 e. The fraction of sp³-hybridized carbons (Fsp3) is 0.107. The summed E-state index contributed by atoms with van der Waals surface area (Å²) in [6, 6.07) is 26.5. The van der Waals surface area contributed by atoms with E-state index in [0.29, 0.717) is 12.8 Å². The summed E-state index contributed by atoms with van der Waals surface area (Å²) >= 11 is 0. The van der Waals surface area contributed by atoms with Crippen LogP contribution < -0.4 is 10.2 Å². The van der Waals surface area contributed by atoms with Crippen molar-refractivity contribution in [3.8, 4) is 0 Å². The van der Waals surface area contributed by atoms with Crippen LogP contribution in [0.3, 0.4) is 0 Å². The van der Waals surface area contributed by atoms with Gasteiger partial charge in [-0.1, -0.05) is 54.6 Å². The third-order valence-electron chi connectivity index (χ3n) is 6.40. The lowest BCUT2D eigenvalue weighted by Gasteiger charge is -2.26. The zero-order valence-corrected chi connectivity index (χ0v) is 18.4. The lowest BCUT2D eigenvalue weighted by molar-refractivity contribution is -0.119. The molecule has 3 heterocycles. The normalized spacial score (nSPS) is 15.8. The van der Waals surface area contributed by atoms with E-state index >= 15 is 0 Å². The van der Waals surface area contributed by atoms with Gasteiger partial charge >= 0.3 is 0 Å². The maximum absolute atomic E-state index is 13.7. The van der Waals surface area contributed by atoms with Gasteiger partial charge in [0, 0.05) is 22.0 Å². The number of carbonyl (C=O) groups excluding carboxylic acids is 2. The molecule has 1 unspecified atom stereocenters. The Labute approximate surface area is 196 Å². The van der Waals surface area contributed by atoms with Crippen molar-refractivity contribution in [3.05, 3.63) is 102 Å². The Kier molecular flexibility index (Phi) is 4.84. The zero-order chi connectivity index (χ0) is 23.1. The maximum Gasteiger partial charge on any atom is 0.270 e. The quantitative estimate of drug-likeness (QED) is 0.404. The molecule has 1 aliphatic rings. The van der Waals surface area contributed by atoms with Crippen molar-refractivity contribution in [3.63, 3.8) is 0 Å². The number of carbonyl (C=O) groups is 2. The fourth-order valence-electron chi connectivity index (χ4n) is 4.72. The molecule has 166 valence electrons. The first-order valence-electron chi connectivity index (χ1n) is 11.3. The van der Waals surface area contributed by atoms with Crippen LogP contribution in [0.2, 0.25) is 0 Å². The van der Waals surface area contributed by atoms with Crippen molar-refractivity contribution in [1.29, 1.82) is 0 Å². The molecule has 2 aromatic heterocycles. The topological polar surface area (TPSA) is 78.1 Å². The Balaban J connectivity index is 1.33. The molecule has 1 aliphatic heterocycles. The number of aromatic amines is 1. The summed E-state index contributed by atoms with van der Waals surface area (Å²) < 4.78 is 0. The Morgan fingerprint density at radius 3 is 2.56 bits per heavy atom. The third kappa shape index (κ3) is 3.40. The molecule has 3 aromatic carbocycles. The molecule has 5 aromatic rings. The van der Waals surface area contributed by atoms with E-state index < -0.39 is 6.04 Å². The molecule has 0 aliphatic carbocycles. The minimum atomic E-state index is -0.666. The number of hydrogen-bond acceptors (Lipinski definition) is 3. The first kappa shape index (κ1) is 20.2. The number of rotatable bonds is 3. The summed E-state index contributed by atoms with van der Waals surface area (Å²) in [6.07, 6.45) is 2.87. The van der Waals surface area contributed by atoms with Crippen LogP contribution in [0, 0.1) is 0 Å². The van der Waals surface area contributed by atoms with Gasteiger partial charge in [-0.25, -0.2) is 4.98 Å². The molecule has 0 radical (unpaired) electrons. The molecular formula is C28H22N4O2. The Hall–Kier alpha value is -4.45. The van der Waals surface area contributed by atoms with Gasteiger partial charge in [-0.2, -0.15) is 0 Å². The van der Waals surface area contributed by atoms with Crippen LogP contribution in [0.1, 0.15) is 22.5 Å². The lowest BCUT2D eigenvalue weighted by Crippen LogP contribution is -2.46. The smallest absolute Gasteiger partial charge is 0.270 e. The molecule has 0 fully saturated rings. The first-order valence-corrected chi connectivity index (χ1v) is 11.3. The van der Waals surface area contributed by atoms with Crippen LogP contribution in [-0.2, 0) is 11.2 Å². The fourth-order valence-corrected chi connectivity index (χ4v) is 4.72. The number of amides is 2. The van der Waals surface area contributed by atoms with Crippen LogP contribution in [-0.4, -0.2) is 27.8 Å². The first-order chi connectivity index (χ1) is 16.7. The molecule has 0 saturated heterocycles. The van der Waals surface area contributed by atoms with Crippen molar-refractivity contribution >= 4 is 45.0 Å². The number of pyridine rings is 1. The highest BCUT2D eigenvalue weighted by Crippen LogP contribution is 2.33. The van der Waals surface area contributed by atoms with E-state index in [9.17, 15) is 9.59 Å². The van der Waals surface area contributed by atoms with Gasteiger partial charge < -0.3 is 10.3 Å². The summed E-state index contributed by atoms with van der Waals surface area (Å²) in [7, 11) is 0. The van der Waals surface area contributed by atoms with Gasteiger partial charge in [0.1, 0.15) is 11.7 Å². The van der Waals surface area contributed by atoms with Crippen molar-refractivity contribution < 1.29 is 9.59 Å². The van der Waals surface area contributed by atoms with Crippen molar-refractivity contribution in [2.75, 3.05) is 4.90 Å². The van der Waals surface area contributed by atoms with E-state index in [1.54, 1.807) is 17.2 Å². The number of fused-ring (bicyclic) bond motifs is 4. The molecule has 2 amide bonds. The van der Waals surface area contributed by atoms with Gasteiger partial charge in [0.25, 0.3) is 11.8 Å². The number of aromatic nitrogens is 2. The molecular weight excluding hydrogens is 424 g/mol. The second-order valence-electron chi connectivity index (χ2n) is 8.49. The number of nitrogens with zero attached hydrogens (tertiary/aromatic N) is 2. The highest BCUT2D eigenvalue weighted by atomic mass is 16.2. The predicted octanol–water partition coefficient (Wildman–Crippen LogP) is 5.13. The Morgan fingerprint density at radius 2 is 1.68 bits per heavy atom. The Bertz CT molecular complexity index is 1540. The van der Waals surface area contributed by atoms with Crippen LogP contribution in [0.4, 0.5) is 11.4 Å². The molecule has 6 nitrogen and oxygen atoms in total. The van der Waals surface area contributed by atoms with Gasteiger partial charge in [0.05, 0.1) is 17.4 Å². The van der Waals surface area contributed by atoms with Gasteiger partial charge in [0.2, 0.25) is 0 Å². The van der Waals surface area contributed by atoms with Gasteiger partial charge in [-0.3, -0.25) is 14.5 Å². The molecule has 6 rings (SSSR count). The number of aryl methyl sites for hydroxylation is 1. The summed E-state index contributed by atoms with van der Waals surface area (Å²) in [5.41, 5.74) is 4.86. The number of benzene rings is 3. The third-order valence-corrected chi connectivity index (χ3v) is 6.40. The number of para-hydroxylation sites is 3. The van der Waals surface area contributed by atoms with Crippen molar-refractivity contribution in [1.82, 2.24) is 15.3 Å². The van der Waals surface area contributed by atoms with Crippen molar-refractivity contribution in [2.24, 2.45) is 0 Å². The molecule has 34 heavy (non-hydrogen) atoms. The molecule has 0 spiro atoms. The SMILES string of the molecule is O=C(NC1CCc2ccccc2N(c2ccccc2)C1=O)c1cc2c(cn1)[nH]c1ccccc12. The minimum absolute atomic E-state index is 0.155. The summed E-state index contributed by atoms with van der Waals surface area (Å²) in [5, 5.41) is 4.93. The number of nitrogens with one attached hydrogen (secondary N) is 2. The number of hydrogen-bond donors (Lipinski definition) is 2. The van der Waals surface area contributed by atoms with Crippen LogP contribution in [0.15, 0.2) is 91.1 Å². The number of anilines is 2. The monoisotopic (exact) mass is 446 g/mol.